The van der Waals surface area contributed by atoms with Gasteiger partial charge in [-0.2, -0.15) is 0 Å². The SMILES string of the molecule is CCCCC(NC(=O)C(CCCCN)NC(=O)C1CCC1)P(=O)(O)OC(C)C(=O)OC(=O)[C@@H]1CCCN1. The molecule has 2 aliphatic rings. The van der Waals surface area contributed by atoms with Crippen LogP contribution in [0, 0.1) is 5.92 Å². The minimum atomic E-state index is -4.58. The van der Waals surface area contributed by atoms with Crippen molar-refractivity contribution in [3.8, 4) is 0 Å². The van der Waals surface area contributed by atoms with Crippen LogP contribution in [0.3, 0.4) is 0 Å². The molecule has 0 bridgehead atoms. The highest BCUT2D eigenvalue weighted by Gasteiger charge is 2.39. The molecule has 4 unspecified atom stereocenters. The van der Waals surface area contributed by atoms with Crippen molar-refractivity contribution in [1.29, 1.82) is 0 Å². The van der Waals surface area contributed by atoms with E-state index in [2.05, 4.69) is 16.0 Å². The van der Waals surface area contributed by atoms with Crippen LogP contribution in [0.5, 0.6) is 0 Å². The average molecular weight is 547 g/mol. The number of ether oxygens (including phenoxy) is 1. The molecule has 0 spiro atoms. The fraction of sp³-hybridized carbons (Fsp3) is 0.833. The lowest BCUT2D eigenvalue weighted by Crippen LogP contribution is -2.51. The Morgan fingerprint density at radius 3 is 2.38 bits per heavy atom. The van der Waals surface area contributed by atoms with Crippen LogP contribution in [-0.2, 0) is 33.0 Å². The highest BCUT2D eigenvalue weighted by molar-refractivity contribution is 7.53. The Kier molecular flexibility index (Phi) is 13.2. The second-order valence-electron chi connectivity index (χ2n) is 9.84. The topological polar surface area (TPSA) is 186 Å². The van der Waals surface area contributed by atoms with E-state index < -0.39 is 49.4 Å². The third-order valence-corrected chi connectivity index (χ3v) is 8.57. The number of hydrogen-bond donors (Lipinski definition) is 5. The van der Waals surface area contributed by atoms with Crippen LogP contribution in [0.15, 0.2) is 0 Å². The number of amides is 2. The maximum absolute atomic E-state index is 13.2. The van der Waals surface area contributed by atoms with Crippen LogP contribution in [0.4, 0.5) is 0 Å². The summed E-state index contributed by atoms with van der Waals surface area (Å²) < 4.78 is 23.2. The molecule has 0 aromatic heterocycles. The molecular weight excluding hydrogens is 503 g/mol. The fourth-order valence-electron chi connectivity index (χ4n) is 4.18. The van der Waals surface area contributed by atoms with Gasteiger partial charge in [0.05, 0.1) is 0 Å². The number of nitrogens with two attached hydrogens (primary N) is 1. The van der Waals surface area contributed by atoms with Crippen LogP contribution in [0.1, 0.15) is 84.5 Å². The molecule has 0 aromatic carbocycles. The van der Waals surface area contributed by atoms with Crippen molar-refractivity contribution in [2.24, 2.45) is 11.7 Å². The lowest BCUT2D eigenvalue weighted by atomic mass is 9.84. The van der Waals surface area contributed by atoms with Gasteiger partial charge in [0.25, 0.3) is 0 Å². The number of unbranched alkanes of at least 4 members (excludes halogenated alkanes) is 2. The molecule has 37 heavy (non-hydrogen) atoms. The minimum absolute atomic E-state index is 0.120. The first kappa shape index (κ1) is 31.4. The number of carbonyl (C=O) groups is 4. The molecule has 6 N–H and O–H groups in total. The third kappa shape index (κ3) is 10.1. The summed E-state index contributed by atoms with van der Waals surface area (Å²) in [6, 6.07) is -1.48. The first-order valence-corrected chi connectivity index (χ1v) is 15.0. The van der Waals surface area contributed by atoms with E-state index in [1.54, 1.807) is 0 Å². The van der Waals surface area contributed by atoms with Crippen LogP contribution < -0.4 is 21.7 Å². The molecule has 5 atom stereocenters. The molecule has 1 saturated heterocycles. The Bertz CT molecular complexity index is 832. The average Bonchev–Trinajstić information content (AvgIpc) is 3.34. The van der Waals surface area contributed by atoms with Gasteiger partial charge in [0, 0.05) is 5.92 Å². The summed E-state index contributed by atoms with van der Waals surface area (Å²) >= 11 is 0. The van der Waals surface area contributed by atoms with E-state index in [4.69, 9.17) is 15.0 Å². The molecule has 13 heteroatoms. The van der Waals surface area contributed by atoms with Crippen molar-refractivity contribution >= 4 is 31.3 Å². The van der Waals surface area contributed by atoms with E-state index in [0.717, 1.165) is 25.7 Å². The molecule has 0 aromatic rings. The number of esters is 2. The van der Waals surface area contributed by atoms with Crippen LogP contribution in [0.25, 0.3) is 0 Å². The van der Waals surface area contributed by atoms with Gasteiger partial charge in [-0.15, -0.1) is 0 Å². The van der Waals surface area contributed by atoms with Gasteiger partial charge in [-0.25, -0.2) is 9.59 Å². The lowest BCUT2D eigenvalue weighted by Gasteiger charge is -2.29. The zero-order chi connectivity index (χ0) is 27.4. The quantitative estimate of drug-likeness (QED) is 0.0821. The summed E-state index contributed by atoms with van der Waals surface area (Å²) in [5.41, 5.74) is 5.56. The van der Waals surface area contributed by atoms with Gasteiger partial charge >= 0.3 is 19.5 Å². The van der Waals surface area contributed by atoms with Crippen molar-refractivity contribution < 1.29 is 37.9 Å². The summed E-state index contributed by atoms with van der Waals surface area (Å²) in [6.07, 6.45) is 5.22. The maximum Gasteiger partial charge on any atom is 0.351 e. The maximum atomic E-state index is 13.2. The smallest absolute Gasteiger partial charge is 0.351 e. The summed E-state index contributed by atoms with van der Waals surface area (Å²) in [7, 11) is -4.58. The predicted molar refractivity (Wildman–Crippen MR) is 136 cm³/mol. The van der Waals surface area contributed by atoms with E-state index in [-0.39, 0.29) is 18.2 Å². The fourth-order valence-corrected chi connectivity index (χ4v) is 5.67. The van der Waals surface area contributed by atoms with Gasteiger partial charge in [0.15, 0.2) is 6.10 Å². The highest BCUT2D eigenvalue weighted by Crippen LogP contribution is 2.49. The molecular formula is C24H43N4O8P. The second kappa shape index (κ2) is 15.5. The summed E-state index contributed by atoms with van der Waals surface area (Å²) in [4.78, 5) is 60.8. The van der Waals surface area contributed by atoms with Gasteiger partial charge in [0.1, 0.15) is 17.9 Å². The van der Waals surface area contributed by atoms with E-state index in [9.17, 15) is 28.6 Å². The van der Waals surface area contributed by atoms with Crippen molar-refractivity contribution in [1.82, 2.24) is 16.0 Å². The Balaban J connectivity index is 2.04. The highest BCUT2D eigenvalue weighted by atomic mass is 31.2. The number of carbonyl (C=O) groups excluding carboxylic acids is 4. The molecule has 2 amide bonds. The Labute approximate surface area is 218 Å². The molecule has 0 radical (unpaired) electrons. The Hall–Kier alpha value is -1.85. The first-order valence-electron chi connectivity index (χ1n) is 13.4. The molecule has 1 heterocycles. The molecule has 1 aliphatic carbocycles. The monoisotopic (exact) mass is 546 g/mol. The summed E-state index contributed by atoms with van der Waals surface area (Å²) in [6.45, 7) is 4.18. The van der Waals surface area contributed by atoms with Gasteiger partial charge < -0.3 is 31.3 Å². The molecule has 2 rings (SSSR count). The zero-order valence-corrected chi connectivity index (χ0v) is 22.8. The predicted octanol–water partition coefficient (Wildman–Crippen LogP) is 1.45. The van der Waals surface area contributed by atoms with Crippen LogP contribution >= 0.6 is 7.60 Å². The zero-order valence-electron chi connectivity index (χ0n) is 21.9. The number of rotatable bonds is 16. The van der Waals surface area contributed by atoms with E-state index >= 15 is 0 Å². The second-order valence-corrected chi connectivity index (χ2v) is 11.8. The van der Waals surface area contributed by atoms with E-state index in [1.807, 2.05) is 6.92 Å². The van der Waals surface area contributed by atoms with Gasteiger partial charge in [-0.05, 0) is 71.4 Å². The van der Waals surface area contributed by atoms with Gasteiger partial charge in [-0.3, -0.25) is 18.7 Å². The van der Waals surface area contributed by atoms with Crippen molar-refractivity contribution in [3.05, 3.63) is 0 Å². The first-order chi connectivity index (χ1) is 17.6. The molecule has 212 valence electrons. The Morgan fingerprint density at radius 1 is 1.08 bits per heavy atom. The van der Waals surface area contributed by atoms with Crippen LogP contribution in [-0.4, -0.2) is 65.7 Å². The van der Waals surface area contributed by atoms with Gasteiger partial charge in [0.2, 0.25) is 11.8 Å². The summed E-state index contributed by atoms with van der Waals surface area (Å²) in [5.74, 6) is -4.07. The Morgan fingerprint density at radius 2 is 1.81 bits per heavy atom. The van der Waals surface area contributed by atoms with Crippen molar-refractivity contribution in [2.45, 2.75) is 108 Å². The van der Waals surface area contributed by atoms with Crippen molar-refractivity contribution in [3.63, 3.8) is 0 Å². The molecule has 1 saturated carbocycles. The molecule has 2 fully saturated rings. The normalized spacial score (nSPS) is 21.7. The number of nitrogens with one attached hydrogen (secondary N) is 3. The van der Waals surface area contributed by atoms with E-state index in [0.29, 0.717) is 51.6 Å². The third-order valence-electron chi connectivity index (χ3n) is 6.78. The van der Waals surface area contributed by atoms with Gasteiger partial charge in [-0.1, -0.05) is 26.2 Å². The van der Waals surface area contributed by atoms with Crippen molar-refractivity contribution in [2.75, 3.05) is 13.1 Å². The molecule has 1 aliphatic heterocycles. The number of hydrogen-bond acceptors (Lipinski definition) is 9. The van der Waals surface area contributed by atoms with E-state index in [1.165, 1.54) is 6.92 Å². The molecule has 12 nitrogen and oxygen atoms in total. The minimum Gasteiger partial charge on any atom is -0.390 e. The largest absolute Gasteiger partial charge is 0.390 e. The standard InChI is InChI=1S/C24H43N4O8P/c1-3-4-13-20(28-22(30)18(11-5-6-14-25)27-21(29)17-9-7-10-17)37(33,34)36-16(2)23(31)35-24(32)19-12-8-15-26-19/h16-20,26H,3-15,25H2,1-2H3,(H,27,29)(H,28,30)(H,33,34)/t16?,18?,19-,20?/m0/s1. The lowest BCUT2D eigenvalue weighted by molar-refractivity contribution is -0.165. The van der Waals surface area contributed by atoms with Crippen LogP contribution in [0.2, 0.25) is 0 Å². The summed E-state index contributed by atoms with van der Waals surface area (Å²) in [5, 5.41) is 8.27.